The van der Waals surface area contributed by atoms with Crippen molar-refractivity contribution >= 4 is 17.6 Å². The first kappa shape index (κ1) is 14.4. The van der Waals surface area contributed by atoms with Crippen molar-refractivity contribution in [3.8, 4) is 5.75 Å². The van der Waals surface area contributed by atoms with Crippen LogP contribution in [0.1, 0.15) is 26.2 Å². The lowest BCUT2D eigenvalue weighted by Gasteiger charge is -2.22. The van der Waals surface area contributed by atoms with Crippen molar-refractivity contribution in [1.29, 1.82) is 0 Å². The molecule has 0 spiro atoms. The molecule has 5 nitrogen and oxygen atoms in total. The van der Waals surface area contributed by atoms with E-state index in [9.17, 15) is 9.59 Å². The molecule has 5 heteroatoms. The summed E-state index contributed by atoms with van der Waals surface area (Å²) in [5.41, 5.74) is 0.651. The van der Waals surface area contributed by atoms with Crippen LogP contribution >= 0.6 is 0 Å². The van der Waals surface area contributed by atoms with E-state index in [1.807, 2.05) is 6.92 Å². The van der Waals surface area contributed by atoms with E-state index in [4.69, 9.17) is 9.47 Å². The highest BCUT2D eigenvalue weighted by Gasteiger charge is 2.27. The molecule has 0 heterocycles. The van der Waals surface area contributed by atoms with Gasteiger partial charge >= 0.3 is 5.97 Å². The Morgan fingerprint density at radius 3 is 2.50 bits per heavy atom. The molecule has 0 saturated heterocycles. The Balaban J connectivity index is 1.74. The summed E-state index contributed by atoms with van der Waals surface area (Å²) in [4.78, 5) is 23.1. The van der Waals surface area contributed by atoms with Crippen LogP contribution in [0.2, 0.25) is 0 Å². The molecule has 1 saturated carbocycles. The Morgan fingerprint density at radius 2 is 1.95 bits per heavy atom. The van der Waals surface area contributed by atoms with Crippen LogP contribution in [0.4, 0.5) is 5.69 Å². The molecule has 0 aromatic heterocycles. The lowest BCUT2D eigenvalue weighted by atomic mass is 9.86. The summed E-state index contributed by atoms with van der Waals surface area (Å²) in [7, 11) is 0. The number of anilines is 1. The third kappa shape index (κ3) is 3.98. The summed E-state index contributed by atoms with van der Waals surface area (Å²) in [6.45, 7) is 2.28. The van der Waals surface area contributed by atoms with Crippen molar-refractivity contribution in [2.24, 2.45) is 5.92 Å². The van der Waals surface area contributed by atoms with Crippen molar-refractivity contribution in [2.45, 2.75) is 26.2 Å². The first-order valence-electron chi connectivity index (χ1n) is 6.88. The van der Waals surface area contributed by atoms with E-state index in [1.54, 1.807) is 24.3 Å². The molecular weight excluding hydrogens is 258 g/mol. The molecule has 0 bridgehead atoms. The fourth-order valence-electron chi connectivity index (χ4n) is 1.90. The van der Waals surface area contributed by atoms with Gasteiger partial charge in [-0.15, -0.1) is 0 Å². The zero-order valence-corrected chi connectivity index (χ0v) is 11.6. The molecule has 1 aromatic rings. The van der Waals surface area contributed by atoms with E-state index in [0.717, 1.165) is 25.0 Å². The second-order valence-corrected chi connectivity index (χ2v) is 4.74. The van der Waals surface area contributed by atoms with Crippen LogP contribution in [0.25, 0.3) is 0 Å². The average Bonchev–Trinajstić information content (AvgIpc) is 2.37. The lowest BCUT2D eigenvalue weighted by Crippen LogP contribution is -2.28. The molecule has 1 aromatic carbocycles. The minimum absolute atomic E-state index is 0.00623. The summed E-state index contributed by atoms with van der Waals surface area (Å²) >= 11 is 0. The minimum atomic E-state index is -0.332. The Labute approximate surface area is 118 Å². The van der Waals surface area contributed by atoms with Gasteiger partial charge in [-0.3, -0.25) is 9.59 Å². The van der Waals surface area contributed by atoms with Crippen molar-refractivity contribution in [3.63, 3.8) is 0 Å². The Bertz CT molecular complexity index is 465. The predicted molar refractivity (Wildman–Crippen MR) is 74.5 cm³/mol. The zero-order chi connectivity index (χ0) is 14.4. The van der Waals surface area contributed by atoms with Crippen LogP contribution in [0.5, 0.6) is 5.75 Å². The van der Waals surface area contributed by atoms with E-state index >= 15 is 0 Å². The Hall–Kier alpha value is -2.04. The molecular formula is C15H19NO4. The van der Waals surface area contributed by atoms with Crippen molar-refractivity contribution in [1.82, 2.24) is 0 Å². The summed E-state index contributed by atoms with van der Waals surface area (Å²) in [5, 5.41) is 2.67. The first-order chi connectivity index (χ1) is 9.69. The number of hydrogen-bond acceptors (Lipinski definition) is 4. The number of nitrogens with one attached hydrogen (secondary N) is 1. The van der Waals surface area contributed by atoms with Crippen molar-refractivity contribution < 1.29 is 19.1 Å². The number of rotatable bonds is 6. The highest BCUT2D eigenvalue weighted by atomic mass is 16.5. The summed E-state index contributed by atoms with van der Waals surface area (Å²) in [5.74, 6) is 0.148. The van der Waals surface area contributed by atoms with E-state index in [2.05, 4.69) is 5.32 Å². The molecule has 1 aliphatic rings. The molecule has 2 rings (SSSR count). The van der Waals surface area contributed by atoms with Crippen LogP contribution in [0.15, 0.2) is 24.3 Å². The maximum atomic E-state index is 11.6. The largest absolute Gasteiger partial charge is 0.494 e. The fourth-order valence-corrected chi connectivity index (χ4v) is 1.90. The highest BCUT2D eigenvalue weighted by molar-refractivity contribution is 5.93. The molecule has 20 heavy (non-hydrogen) atoms. The van der Waals surface area contributed by atoms with E-state index in [-0.39, 0.29) is 24.4 Å². The minimum Gasteiger partial charge on any atom is -0.494 e. The maximum absolute atomic E-state index is 11.6. The van der Waals surface area contributed by atoms with E-state index < -0.39 is 0 Å². The van der Waals surface area contributed by atoms with Crippen LogP contribution in [-0.2, 0) is 14.3 Å². The van der Waals surface area contributed by atoms with E-state index in [0.29, 0.717) is 12.3 Å². The van der Waals surface area contributed by atoms with Gasteiger partial charge in [-0.2, -0.15) is 0 Å². The monoisotopic (exact) mass is 277 g/mol. The topological polar surface area (TPSA) is 64.6 Å². The van der Waals surface area contributed by atoms with Gasteiger partial charge in [0.1, 0.15) is 5.75 Å². The number of carbonyl (C=O) groups excluding carboxylic acids is 2. The van der Waals surface area contributed by atoms with Gasteiger partial charge in [0.25, 0.3) is 5.91 Å². The summed E-state index contributed by atoms with van der Waals surface area (Å²) in [6.07, 6.45) is 2.82. The van der Waals surface area contributed by atoms with Gasteiger partial charge in [-0.25, -0.2) is 0 Å². The van der Waals surface area contributed by atoms with Crippen molar-refractivity contribution in [2.75, 3.05) is 18.5 Å². The van der Waals surface area contributed by atoms with Gasteiger partial charge in [0.05, 0.1) is 12.5 Å². The Kier molecular flexibility index (Phi) is 4.98. The van der Waals surface area contributed by atoms with Gasteiger partial charge in [0.2, 0.25) is 0 Å². The molecule has 0 radical (unpaired) electrons. The summed E-state index contributed by atoms with van der Waals surface area (Å²) in [6, 6.07) is 7.05. The molecule has 1 fully saturated rings. The molecule has 0 unspecified atom stereocenters. The number of esters is 1. The van der Waals surface area contributed by atoms with Crippen molar-refractivity contribution in [3.05, 3.63) is 24.3 Å². The lowest BCUT2D eigenvalue weighted by molar-refractivity contribution is -0.154. The normalized spacial score (nSPS) is 14.2. The van der Waals surface area contributed by atoms with Crippen LogP contribution in [0, 0.1) is 5.92 Å². The second-order valence-electron chi connectivity index (χ2n) is 4.74. The number of benzene rings is 1. The Morgan fingerprint density at radius 1 is 1.25 bits per heavy atom. The predicted octanol–water partition coefficient (Wildman–Crippen LogP) is 2.37. The average molecular weight is 277 g/mol. The van der Waals surface area contributed by atoms with Gasteiger partial charge in [-0.05, 0) is 44.0 Å². The molecule has 0 aliphatic heterocycles. The highest BCUT2D eigenvalue weighted by Crippen LogP contribution is 2.27. The van der Waals surface area contributed by atoms with Gasteiger partial charge in [0, 0.05) is 5.69 Å². The van der Waals surface area contributed by atoms with Gasteiger partial charge in [-0.1, -0.05) is 6.42 Å². The van der Waals surface area contributed by atoms with E-state index in [1.165, 1.54) is 0 Å². The number of hydrogen-bond donors (Lipinski definition) is 1. The third-order valence-electron chi connectivity index (χ3n) is 3.23. The molecule has 1 N–H and O–H groups in total. The van der Waals surface area contributed by atoms with Crippen LogP contribution < -0.4 is 10.1 Å². The van der Waals surface area contributed by atoms with Gasteiger partial charge in [0.15, 0.2) is 6.61 Å². The molecule has 0 atom stereocenters. The second kappa shape index (κ2) is 6.93. The molecule has 108 valence electrons. The standard InChI is InChI=1S/C15H19NO4/c1-2-19-13-8-6-12(7-9-13)16-14(17)10-20-15(18)11-4-3-5-11/h6-9,11H,2-5,10H2,1H3,(H,16,17). The van der Waals surface area contributed by atoms with Crippen LogP contribution in [-0.4, -0.2) is 25.1 Å². The third-order valence-corrected chi connectivity index (χ3v) is 3.23. The quantitative estimate of drug-likeness (QED) is 0.811. The molecule has 1 aliphatic carbocycles. The SMILES string of the molecule is CCOc1ccc(NC(=O)COC(=O)C2CCC2)cc1. The fraction of sp³-hybridized carbons (Fsp3) is 0.467. The van der Waals surface area contributed by atoms with Gasteiger partial charge < -0.3 is 14.8 Å². The van der Waals surface area contributed by atoms with Crippen LogP contribution in [0.3, 0.4) is 0 Å². The first-order valence-corrected chi connectivity index (χ1v) is 6.88. The smallest absolute Gasteiger partial charge is 0.309 e. The zero-order valence-electron chi connectivity index (χ0n) is 11.6. The summed E-state index contributed by atoms with van der Waals surface area (Å²) < 4.78 is 10.3. The number of ether oxygens (including phenoxy) is 2. The molecule has 1 amide bonds. The number of amides is 1. The number of carbonyl (C=O) groups is 2. The maximum Gasteiger partial charge on any atom is 0.309 e.